The fourth-order valence-electron chi connectivity index (χ4n) is 2.57. The summed E-state index contributed by atoms with van der Waals surface area (Å²) in [6, 6.07) is 16.1. The molecule has 3 nitrogen and oxygen atoms in total. The third-order valence-electron chi connectivity index (χ3n) is 3.86. The SMILES string of the molecule is O=C(C[n+]1cccc(-c2ccccc2)c1)Nc1cc(C(F)(F)F)ccc1Cl. The largest absolute Gasteiger partial charge is 0.416 e. The second-order valence-electron chi connectivity index (χ2n) is 5.87. The standard InChI is InChI=1S/C20H14ClF3N2O/c21-17-9-8-16(20(22,23)24)11-18(17)25-19(27)13-26-10-4-7-15(12-26)14-5-2-1-3-6-14/h1-12H,13H2/p+1. The minimum absolute atomic E-state index is 0.0411. The smallest absolute Gasteiger partial charge is 0.319 e. The van der Waals surface area contributed by atoms with E-state index in [1.54, 1.807) is 23.0 Å². The molecule has 1 N–H and O–H groups in total. The van der Waals surface area contributed by atoms with Crippen LogP contribution < -0.4 is 9.88 Å². The third-order valence-corrected chi connectivity index (χ3v) is 4.19. The van der Waals surface area contributed by atoms with Gasteiger partial charge in [0.05, 0.1) is 16.3 Å². The first kappa shape index (κ1) is 18.9. The van der Waals surface area contributed by atoms with Gasteiger partial charge in [-0.2, -0.15) is 17.7 Å². The van der Waals surface area contributed by atoms with Gasteiger partial charge < -0.3 is 5.32 Å². The van der Waals surface area contributed by atoms with E-state index in [9.17, 15) is 18.0 Å². The van der Waals surface area contributed by atoms with Crippen molar-refractivity contribution >= 4 is 23.2 Å². The summed E-state index contributed by atoms with van der Waals surface area (Å²) in [6.07, 6.45) is -1.01. The summed E-state index contributed by atoms with van der Waals surface area (Å²) in [5, 5.41) is 2.48. The van der Waals surface area contributed by atoms with Gasteiger partial charge in [0, 0.05) is 11.6 Å². The Morgan fingerprint density at radius 2 is 1.70 bits per heavy atom. The van der Waals surface area contributed by atoms with E-state index in [0.717, 1.165) is 29.3 Å². The number of benzene rings is 2. The molecule has 27 heavy (non-hydrogen) atoms. The fraction of sp³-hybridized carbons (Fsp3) is 0.100. The number of alkyl halides is 3. The van der Waals surface area contributed by atoms with Crippen LogP contribution in [0.15, 0.2) is 73.1 Å². The summed E-state index contributed by atoms with van der Waals surface area (Å²) in [7, 11) is 0. The zero-order valence-electron chi connectivity index (χ0n) is 14.0. The highest BCUT2D eigenvalue weighted by Gasteiger charge is 2.31. The number of halogens is 4. The molecule has 0 saturated carbocycles. The second-order valence-corrected chi connectivity index (χ2v) is 6.28. The van der Waals surface area contributed by atoms with Crippen molar-refractivity contribution in [3.05, 3.63) is 83.6 Å². The Morgan fingerprint density at radius 3 is 2.41 bits per heavy atom. The van der Waals surface area contributed by atoms with Crippen molar-refractivity contribution < 1.29 is 22.5 Å². The van der Waals surface area contributed by atoms with Crippen LogP contribution in [0.4, 0.5) is 18.9 Å². The Morgan fingerprint density at radius 1 is 1.00 bits per heavy atom. The number of hydrogen-bond donors (Lipinski definition) is 1. The van der Waals surface area contributed by atoms with Crippen LogP contribution in [-0.4, -0.2) is 5.91 Å². The van der Waals surface area contributed by atoms with Gasteiger partial charge >= 0.3 is 6.18 Å². The van der Waals surface area contributed by atoms with Gasteiger partial charge in [0.1, 0.15) is 0 Å². The number of nitrogens with one attached hydrogen (secondary N) is 1. The van der Waals surface area contributed by atoms with Crippen LogP contribution in [-0.2, 0) is 17.5 Å². The first-order chi connectivity index (χ1) is 12.8. The molecule has 0 radical (unpaired) electrons. The molecule has 0 fully saturated rings. The third kappa shape index (κ3) is 4.86. The van der Waals surface area contributed by atoms with Crippen LogP contribution >= 0.6 is 11.6 Å². The molecule has 1 amide bonds. The first-order valence-electron chi connectivity index (χ1n) is 8.04. The quantitative estimate of drug-likeness (QED) is 0.627. The van der Waals surface area contributed by atoms with Crippen molar-refractivity contribution in [1.29, 1.82) is 0 Å². The molecule has 7 heteroatoms. The van der Waals surface area contributed by atoms with Gasteiger partial charge in [-0.1, -0.05) is 41.9 Å². The van der Waals surface area contributed by atoms with Crippen LogP contribution in [0.2, 0.25) is 5.02 Å². The molecule has 3 rings (SSSR count). The topological polar surface area (TPSA) is 33.0 Å². The zero-order valence-corrected chi connectivity index (χ0v) is 14.8. The molecule has 0 spiro atoms. The number of hydrogen-bond acceptors (Lipinski definition) is 1. The fourth-order valence-corrected chi connectivity index (χ4v) is 2.74. The van der Waals surface area contributed by atoms with E-state index in [2.05, 4.69) is 5.32 Å². The number of carbonyl (C=O) groups excluding carboxylic acids is 1. The Balaban J connectivity index is 1.75. The number of rotatable bonds is 4. The van der Waals surface area contributed by atoms with E-state index in [1.165, 1.54) is 0 Å². The van der Waals surface area contributed by atoms with Gasteiger partial charge in [-0.25, -0.2) is 0 Å². The first-order valence-corrected chi connectivity index (χ1v) is 8.42. The molecular weight excluding hydrogens is 377 g/mol. The Hall–Kier alpha value is -2.86. The molecule has 0 aliphatic rings. The molecule has 1 heterocycles. The Kier molecular flexibility index (Phi) is 5.46. The van der Waals surface area contributed by atoms with Crippen molar-refractivity contribution in [2.45, 2.75) is 12.7 Å². The van der Waals surface area contributed by atoms with Crippen molar-refractivity contribution in [3.8, 4) is 11.1 Å². The molecule has 0 aliphatic heterocycles. The van der Waals surface area contributed by atoms with E-state index in [0.29, 0.717) is 0 Å². The maximum absolute atomic E-state index is 12.8. The number of amides is 1. The zero-order chi connectivity index (χ0) is 19.4. The van der Waals surface area contributed by atoms with E-state index in [-0.39, 0.29) is 17.3 Å². The molecule has 0 aliphatic carbocycles. The maximum Gasteiger partial charge on any atom is 0.416 e. The predicted octanol–water partition coefficient (Wildman–Crippen LogP) is 4.95. The molecule has 0 atom stereocenters. The maximum atomic E-state index is 12.8. The molecule has 138 valence electrons. The van der Waals surface area contributed by atoms with Crippen LogP contribution in [0, 0.1) is 0 Å². The lowest BCUT2D eigenvalue weighted by Crippen LogP contribution is -2.39. The molecule has 0 saturated heterocycles. The van der Waals surface area contributed by atoms with Gasteiger partial charge in [0.25, 0.3) is 5.91 Å². The average molecular weight is 392 g/mol. The second kappa shape index (κ2) is 7.80. The molecular formula is C20H15ClF3N2O+. The summed E-state index contributed by atoms with van der Waals surface area (Å²) < 4.78 is 40.1. The van der Waals surface area contributed by atoms with E-state index in [4.69, 9.17) is 11.6 Å². The summed E-state index contributed by atoms with van der Waals surface area (Å²) in [5.74, 6) is -0.480. The summed E-state index contributed by atoms with van der Waals surface area (Å²) >= 11 is 5.91. The van der Waals surface area contributed by atoms with Gasteiger partial charge in [-0.15, -0.1) is 0 Å². The molecule has 3 aromatic rings. The van der Waals surface area contributed by atoms with Crippen LogP contribution in [0.25, 0.3) is 11.1 Å². The van der Waals surface area contributed by atoms with Crippen molar-refractivity contribution in [2.75, 3.05) is 5.32 Å². The van der Waals surface area contributed by atoms with E-state index >= 15 is 0 Å². The lowest BCUT2D eigenvalue weighted by Gasteiger charge is -2.11. The molecule has 2 aromatic carbocycles. The Labute approximate surface area is 159 Å². The van der Waals surface area contributed by atoms with Crippen LogP contribution in [0.5, 0.6) is 0 Å². The highest BCUT2D eigenvalue weighted by molar-refractivity contribution is 6.33. The minimum atomic E-state index is -4.51. The van der Waals surface area contributed by atoms with Gasteiger partial charge in [-0.3, -0.25) is 4.79 Å². The van der Waals surface area contributed by atoms with Gasteiger partial charge in [0.15, 0.2) is 12.4 Å². The van der Waals surface area contributed by atoms with Crippen molar-refractivity contribution in [3.63, 3.8) is 0 Å². The normalized spacial score (nSPS) is 11.3. The van der Waals surface area contributed by atoms with Crippen LogP contribution in [0.3, 0.4) is 0 Å². The number of pyridine rings is 1. The Bertz CT molecular complexity index is 959. The van der Waals surface area contributed by atoms with Crippen molar-refractivity contribution in [2.24, 2.45) is 0 Å². The highest BCUT2D eigenvalue weighted by atomic mass is 35.5. The average Bonchev–Trinajstić information content (AvgIpc) is 2.63. The van der Waals surface area contributed by atoms with Gasteiger partial charge in [0.2, 0.25) is 6.54 Å². The number of nitrogens with zero attached hydrogens (tertiary/aromatic N) is 1. The monoisotopic (exact) mass is 391 g/mol. The molecule has 1 aromatic heterocycles. The summed E-state index contributed by atoms with van der Waals surface area (Å²) in [4.78, 5) is 12.3. The number of anilines is 1. The van der Waals surface area contributed by atoms with E-state index in [1.807, 2.05) is 36.4 Å². The minimum Gasteiger partial charge on any atom is -0.319 e. The highest BCUT2D eigenvalue weighted by Crippen LogP contribution is 2.33. The lowest BCUT2D eigenvalue weighted by molar-refractivity contribution is -0.683. The summed E-state index contributed by atoms with van der Waals surface area (Å²) in [6.45, 7) is -0.0623. The summed E-state index contributed by atoms with van der Waals surface area (Å²) in [5.41, 5.74) is 0.966. The van der Waals surface area contributed by atoms with Crippen LogP contribution in [0.1, 0.15) is 5.56 Å². The predicted molar refractivity (Wildman–Crippen MR) is 97.2 cm³/mol. The van der Waals surface area contributed by atoms with Crippen molar-refractivity contribution in [1.82, 2.24) is 0 Å². The lowest BCUT2D eigenvalue weighted by atomic mass is 10.1. The number of aromatic nitrogens is 1. The molecule has 0 unspecified atom stereocenters. The van der Waals surface area contributed by atoms with E-state index < -0.39 is 17.6 Å². The number of carbonyl (C=O) groups is 1. The van der Waals surface area contributed by atoms with Gasteiger partial charge in [-0.05, 0) is 29.8 Å². The molecule has 0 bridgehead atoms.